The van der Waals surface area contributed by atoms with Gasteiger partial charge in [0.15, 0.2) is 5.82 Å². The molecule has 0 aliphatic carbocycles. The molecule has 28 nitrogen and oxygen atoms in total. The second-order valence-corrected chi connectivity index (χ2v) is 16.4. The van der Waals surface area contributed by atoms with Gasteiger partial charge in [0.05, 0.1) is 77.4 Å². The summed E-state index contributed by atoms with van der Waals surface area (Å²) in [5.41, 5.74) is 8.15. The highest BCUT2D eigenvalue weighted by Gasteiger charge is 2.29. The van der Waals surface area contributed by atoms with Crippen LogP contribution >= 0.6 is 0 Å². The molecular formula is C51H55FN14O14. The molecule has 0 radical (unpaired) electrons. The zero-order valence-electron chi connectivity index (χ0n) is 43.7. The van der Waals surface area contributed by atoms with Crippen molar-refractivity contribution in [3.05, 3.63) is 153 Å². The fourth-order valence-electron chi connectivity index (χ4n) is 7.02. The number of esters is 3. The van der Waals surface area contributed by atoms with Crippen LogP contribution < -0.4 is 16.4 Å². The predicted molar refractivity (Wildman–Crippen MR) is 285 cm³/mol. The van der Waals surface area contributed by atoms with Gasteiger partial charge >= 0.3 is 23.9 Å². The van der Waals surface area contributed by atoms with Crippen molar-refractivity contribution in [1.29, 1.82) is 0 Å². The number of nitrogens with zero attached hydrogens (tertiary/aromatic N) is 10. The molecule has 29 heteroatoms. The number of benzene rings is 1. The normalized spacial score (nSPS) is 12.3. The van der Waals surface area contributed by atoms with E-state index in [0.29, 0.717) is 40.1 Å². The number of nitro groups is 2. The number of carbonyl (C=O) groups excluding carboxylic acids is 4. The number of nitrogens with two attached hydrogens (primary N) is 1. The van der Waals surface area contributed by atoms with E-state index >= 15 is 4.39 Å². The highest BCUT2D eigenvalue weighted by molar-refractivity contribution is 6.06. The van der Waals surface area contributed by atoms with E-state index in [2.05, 4.69) is 67.1 Å². The van der Waals surface area contributed by atoms with Crippen molar-refractivity contribution in [3.63, 3.8) is 0 Å². The van der Waals surface area contributed by atoms with Gasteiger partial charge in [-0.25, -0.2) is 53.5 Å². The standard InChI is InChI=1S/C29H33FN8O4.C8H8N2O4.C8H10N2O2.C6H4N2O4/c1-4-42-28(40)23-9-8-18(14-31-23)34-29-33-16-21(30)25(36-29)20-15-32-26-19(20)6-5-7-22(26)35-27(39)24(17-41-3)38-12-10-37(2)11-13-38;1-2-14-8(11)7-4-3-6(5-9-7)10(12)13;1-2-12-8(11)7-4-3-6(9)5-10-7;9-6(10)5-2-1-4(3-7-5)8(11)12/h5-9,14-16,24,32H,4,10-13,17H2,1-3H3,(H,35,39)(H,33,34,36);3-5H,2H2,1H3;3-5H,2,9H2,1H3;1-3H,(H,9,10)/t24-;;;/m1.../s1. The van der Waals surface area contributed by atoms with E-state index in [9.17, 15) is 44.2 Å². The van der Waals surface area contributed by atoms with E-state index in [0.717, 1.165) is 56.9 Å². The van der Waals surface area contributed by atoms with Gasteiger partial charge < -0.3 is 50.3 Å². The van der Waals surface area contributed by atoms with Crippen LogP contribution in [0.1, 0.15) is 62.7 Å². The van der Waals surface area contributed by atoms with Gasteiger partial charge in [0.1, 0.15) is 46.9 Å². The summed E-state index contributed by atoms with van der Waals surface area (Å²) in [5, 5.41) is 35.4. The summed E-state index contributed by atoms with van der Waals surface area (Å²) >= 11 is 0. The summed E-state index contributed by atoms with van der Waals surface area (Å²) in [4.78, 5) is 108. The molecule has 6 aromatic heterocycles. The van der Waals surface area contributed by atoms with Crippen molar-refractivity contribution < 1.29 is 62.3 Å². The van der Waals surface area contributed by atoms with Crippen LogP contribution in [-0.4, -0.2) is 162 Å². The quantitative estimate of drug-likeness (QED) is 0.0303. The largest absolute Gasteiger partial charge is 0.477 e. The number of hydrogen-bond donors (Lipinski definition) is 5. The molecule has 1 aliphatic heterocycles. The van der Waals surface area contributed by atoms with Gasteiger partial charge in [0, 0.05) is 62.6 Å². The van der Waals surface area contributed by atoms with E-state index in [-0.39, 0.29) is 71.5 Å². The number of methoxy groups -OCH3 is 1. The highest BCUT2D eigenvalue weighted by atomic mass is 19.1. The Bertz CT molecular complexity index is 3200. The van der Waals surface area contributed by atoms with Crippen molar-refractivity contribution in [3.8, 4) is 11.3 Å². The molecule has 7 aromatic rings. The third-order valence-electron chi connectivity index (χ3n) is 11.0. The first-order valence-corrected chi connectivity index (χ1v) is 24.1. The number of carbonyl (C=O) groups is 5. The lowest BCUT2D eigenvalue weighted by molar-refractivity contribution is -0.385. The number of halogens is 1. The Morgan fingerprint density at radius 1 is 0.738 bits per heavy atom. The molecule has 7 heterocycles. The summed E-state index contributed by atoms with van der Waals surface area (Å²) in [6.45, 7) is 9.54. The van der Waals surface area contributed by atoms with Gasteiger partial charge in [0.25, 0.3) is 11.4 Å². The number of hydrogen-bond acceptors (Lipinski definition) is 23. The number of rotatable bonds is 17. The van der Waals surface area contributed by atoms with Crippen LogP contribution in [0.25, 0.3) is 22.2 Å². The van der Waals surface area contributed by atoms with Crippen molar-refractivity contribution in [2.45, 2.75) is 26.8 Å². The van der Waals surface area contributed by atoms with Gasteiger partial charge in [-0.1, -0.05) is 12.1 Å². The molecule has 1 aliphatic rings. The molecule has 420 valence electrons. The Labute approximate surface area is 454 Å². The van der Waals surface area contributed by atoms with E-state index < -0.39 is 45.6 Å². The number of likely N-dealkylation sites (N-methyl/N-ethyl adjacent to an activating group) is 1. The molecule has 8 rings (SSSR count). The smallest absolute Gasteiger partial charge is 0.356 e. The number of aromatic carboxylic acids is 1. The Morgan fingerprint density at radius 3 is 1.75 bits per heavy atom. The summed E-state index contributed by atoms with van der Waals surface area (Å²) in [5.74, 6) is -3.36. The number of carboxylic acid groups (broad SMARTS) is 1. The van der Waals surface area contributed by atoms with E-state index in [1.807, 2.05) is 6.07 Å². The summed E-state index contributed by atoms with van der Waals surface area (Å²) in [6, 6.07) is 15.9. The number of H-pyrrole nitrogens is 1. The number of para-hydroxylation sites is 1. The van der Waals surface area contributed by atoms with E-state index in [1.165, 1.54) is 36.7 Å². The number of aromatic nitrogens is 7. The number of amides is 1. The maximum Gasteiger partial charge on any atom is 0.356 e. The SMILES string of the molecule is CCOC(=O)c1ccc(N)cn1.CCOC(=O)c1ccc(Nc2ncc(F)c(-c3c[nH]c4c(NC(=O)[C@@H](COC)N5CCN(C)CC5)cccc34)n2)cn1.CCOC(=O)c1ccc([N+](=O)[O-])cn1.O=C(O)c1ccc([N+](=O)[O-])cn1. The fourth-order valence-corrected chi connectivity index (χ4v) is 7.02. The van der Waals surface area contributed by atoms with Crippen LogP contribution in [-0.2, 0) is 23.7 Å². The minimum atomic E-state index is -1.20. The fraction of sp³-hybridized carbons (Fsp3) is 0.275. The number of nitrogen functional groups attached to an aromatic ring is 1. The average molecular weight is 1110 g/mol. The second-order valence-electron chi connectivity index (χ2n) is 16.4. The lowest BCUT2D eigenvalue weighted by Gasteiger charge is -2.36. The molecule has 80 heavy (non-hydrogen) atoms. The molecule has 0 saturated carbocycles. The second kappa shape index (κ2) is 30.1. The number of fused-ring (bicyclic) bond motifs is 1. The van der Waals surface area contributed by atoms with Crippen molar-refractivity contribution in [2.75, 3.05) is 83.1 Å². The van der Waals surface area contributed by atoms with Gasteiger partial charge in [-0.2, -0.15) is 0 Å². The van der Waals surface area contributed by atoms with Crippen LogP contribution in [0.4, 0.5) is 38.8 Å². The average Bonchev–Trinajstić information content (AvgIpc) is 3.90. The van der Waals surface area contributed by atoms with Gasteiger partial charge in [-0.15, -0.1) is 0 Å². The molecule has 1 fully saturated rings. The molecule has 1 saturated heterocycles. The third-order valence-corrected chi connectivity index (χ3v) is 11.0. The Hall–Kier alpha value is -10.0. The lowest BCUT2D eigenvalue weighted by Crippen LogP contribution is -2.54. The summed E-state index contributed by atoms with van der Waals surface area (Å²) < 4.78 is 34.7. The molecule has 0 unspecified atom stereocenters. The van der Waals surface area contributed by atoms with Crippen molar-refractivity contribution in [1.82, 2.24) is 44.7 Å². The monoisotopic (exact) mass is 1110 g/mol. The van der Waals surface area contributed by atoms with Crippen LogP contribution in [0.2, 0.25) is 0 Å². The summed E-state index contributed by atoms with van der Waals surface area (Å²) in [7, 11) is 3.65. The van der Waals surface area contributed by atoms with Crippen LogP contribution in [0.15, 0.2) is 104 Å². The highest BCUT2D eigenvalue weighted by Crippen LogP contribution is 2.33. The molecule has 0 spiro atoms. The topological polar surface area (TPSA) is 378 Å². The Kier molecular flexibility index (Phi) is 22.9. The van der Waals surface area contributed by atoms with E-state index in [4.69, 9.17) is 25.1 Å². The number of carboxylic acids is 1. The molecule has 6 N–H and O–H groups in total. The maximum atomic E-state index is 15.0. The van der Waals surface area contributed by atoms with Crippen molar-refractivity contribution >= 4 is 75.1 Å². The van der Waals surface area contributed by atoms with Crippen LogP contribution in [0.5, 0.6) is 0 Å². The number of anilines is 4. The molecule has 1 aromatic carbocycles. The zero-order chi connectivity index (χ0) is 58.3. The van der Waals surface area contributed by atoms with Gasteiger partial charge in [0.2, 0.25) is 11.9 Å². The van der Waals surface area contributed by atoms with Crippen LogP contribution in [0.3, 0.4) is 0 Å². The summed E-state index contributed by atoms with van der Waals surface area (Å²) in [6.07, 6.45) is 7.53. The van der Waals surface area contributed by atoms with Crippen molar-refractivity contribution in [2.24, 2.45) is 0 Å². The predicted octanol–water partition coefficient (Wildman–Crippen LogP) is 5.98. The first-order chi connectivity index (χ1) is 38.4. The van der Waals surface area contributed by atoms with Crippen LogP contribution in [0, 0.1) is 26.0 Å². The number of aromatic amines is 1. The molecular weight excluding hydrogens is 1050 g/mol. The number of pyridine rings is 4. The zero-order valence-corrected chi connectivity index (χ0v) is 43.7. The first-order valence-electron chi connectivity index (χ1n) is 24.1. The number of ether oxygens (including phenoxy) is 4. The molecule has 1 amide bonds. The minimum Gasteiger partial charge on any atom is -0.477 e. The first kappa shape index (κ1) is 60.9. The van der Waals surface area contributed by atoms with E-state index in [1.54, 1.807) is 58.3 Å². The molecule has 1 atom stereocenters. The Balaban J connectivity index is 0.000000249. The number of piperazine rings is 1. The minimum absolute atomic E-state index is 0.0671. The Morgan fingerprint density at radius 2 is 1.27 bits per heavy atom. The third kappa shape index (κ3) is 17.5. The number of nitrogens with one attached hydrogen (secondary N) is 3. The van der Waals surface area contributed by atoms with Gasteiger partial charge in [-0.3, -0.25) is 29.9 Å². The lowest BCUT2D eigenvalue weighted by atomic mass is 10.1. The molecule has 0 bridgehead atoms. The maximum absolute atomic E-state index is 15.0. The van der Waals surface area contributed by atoms with Gasteiger partial charge in [-0.05, 0) is 70.3 Å².